The third-order valence-corrected chi connectivity index (χ3v) is 7.87. The lowest BCUT2D eigenvalue weighted by molar-refractivity contribution is -0.143. The van der Waals surface area contributed by atoms with Crippen LogP contribution in [0.4, 0.5) is 31.1 Å². The molecule has 0 bridgehead atoms. The highest BCUT2D eigenvalue weighted by molar-refractivity contribution is 5.81. The van der Waals surface area contributed by atoms with Crippen LogP contribution in [0, 0.1) is 5.92 Å². The highest BCUT2D eigenvalue weighted by atomic mass is 19.4. The number of benzene rings is 2. The molecule has 0 unspecified atom stereocenters. The number of hydrogen-bond donors (Lipinski definition) is 0. The number of nitrogens with zero attached hydrogens (tertiary/aromatic N) is 4. The number of carbonyl (C=O) groups is 3. The highest BCUT2D eigenvalue weighted by Gasteiger charge is 2.40. The van der Waals surface area contributed by atoms with Crippen molar-refractivity contribution in [3.63, 3.8) is 0 Å². The van der Waals surface area contributed by atoms with Crippen LogP contribution in [-0.2, 0) is 28.5 Å². The molecule has 0 saturated carbocycles. The van der Waals surface area contributed by atoms with Crippen molar-refractivity contribution >= 4 is 17.8 Å². The first kappa shape index (κ1) is 31.2. The summed E-state index contributed by atoms with van der Waals surface area (Å²) < 4.78 is 80.1. The molecule has 0 aliphatic carbocycles. The minimum absolute atomic E-state index is 0.0590. The molecule has 0 N–H and O–H groups in total. The lowest BCUT2D eigenvalue weighted by Crippen LogP contribution is -2.56. The second-order valence-electron chi connectivity index (χ2n) is 10.7. The second-order valence-corrected chi connectivity index (χ2v) is 10.7. The number of rotatable bonds is 4. The van der Waals surface area contributed by atoms with Crippen LogP contribution >= 0.6 is 0 Å². The summed E-state index contributed by atoms with van der Waals surface area (Å²) in [7, 11) is 1.35. The Hall–Kier alpha value is -3.77. The van der Waals surface area contributed by atoms with Crippen molar-refractivity contribution in [3.8, 4) is 0 Å². The maximum Gasteiger partial charge on any atom is 0.416 e. The number of amides is 4. The average Bonchev–Trinajstić information content (AvgIpc) is 2.95. The molecule has 2 heterocycles. The molecule has 4 amide bonds. The Morgan fingerprint density at radius 1 is 0.810 bits per heavy atom. The van der Waals surface area contributed by atoms with Crippen molar-refractivity contribution in [1.29, 1.82) is 0 Å². The molecular formula is C29H32F6N4O3. The summed E-state index contributed by atoms with van der Waals surface area (Å²) >= 11 is 0. The molecule has 2 fully saturated rings. The summed E-state index contributed by atoms with van der Waals surface area (Å²) in [5.41, 5.74) is -2.37. The first-order chi connectivity index (χ1) is 19.6. The van der Waals surface area contributed by atoms with Gasteiger partial charge in [-0.1, -0.05) is 30.3 Å². The van der Waals surface area contributed by atoms with Gasteiger partial charge in [0.05, 0.1) is 11.1 Å². The molecule has 13 heteroatoms. The Balaban J connectivity index is 1.52. The SMILES string of the molecule is CC(=O)N1CCN(C(=O)N2CC[C@@H](C(=O)N(C)Cc3cc(C(F)(F)F)cc(C(F)(F)F)c3)[C@H](c3ccccc3)C2)CC1. The lowest BCUT2D eigenvalue weighted by atomic mass is 9.79. The van der Waals surface area contributed by atoms with Gasteiger partial charge in [0.25, 0.3) is 0 Å². The van der Waals surface area contributed by atoms with Gasteiger partial charge in [-0.05, 0) is 35.7 Å². The van der Waals surface area contributed by atoms with E-state index in [1.165, 1.54) is 14.0 Å². The van der Waals surface area contributed by atoms with Crippen LogP contribution in [0.25, 0.3) is 0 Å². The molecule has 228 valence electrons. The van der Waals surface area contributed by atoms with Crippen LogP contribution in [0.15, 0.2) is 48.5 Å². The molecule has 4 rings (SSSR count). The monoisotopic (exact) mass is 598 g/mol. The summed E-state index contributed by atoms with van der Waals surface area (Å²) in [6, 6.07) is 10.2. The quantitative estimate of drug-likeness (QED) is 0.462. The molecule has 2 aliphatic heterocycles. The predicted molar refractivity (Wildman–Crippen MR) is 141 cm³/mol. The number of likely N-dealkylation sites (tertiary alicyclic amines) is 1. The molecule has 2 atom stereocenters. The predicted octanol–water partition coefficient (Wildman–Crippen LogP) is 5.07. The number of urea groups is 1. The fraction of sp³-hybridized carbons (Fsp3) is 0.483. The zero-order valence-corrected chi connectivity index (χ0v) is 23.2. The van der Waals surface area contributed by atoms with Crippen molar-refractivity contribution in [3.05, 3.63) is 70.8 Å². The number of alkyl halides is 6. The average molecular weight is 599 g/mol. The van der Waals surface area contributed by atoms with Gasteiger partial charge >= 0.3 is 18.4 Å². The maximum absolute atomic E-state index is 13.7. The van der Waals surface area contributed by atoms with Crippen LogP contribution < -0.4 is 0 Å². The third-order valence-electron chi connectivity index (χ3n) is 7.87. The van der Waals surface area contributed by atoms with Crippen LogP contribution in [0.3, 0.4) is 0 Å². The largest absolute Gasteiger partial charge is 0.416 e. The smallest absolute Gasteiger partial charge is 0.341 e. The molecule has 0 spiro atoms. The molecule has 2 saturated heterocycles. The van der Waals surface area contributed by atoms with Crippen LogP contribution in [0.1, 0.15) is 41.5 Å². The van der Waals surface area contributed by atoms with Gasteiger partial charge in [-0.25, -0.2) is 4.79 Å². The Morgan fingerprint density at radius 2 is 1.36 bits per heavy atom. The van der Waals surface area contributed by atoms with E-state index < -0.39 is 47.8 Å². The van der Waals surface area contributed by atoms with E-state index in [1.807, 2.05) is 12.1 Å². The van der Waals surface area contributed by atoms with E-state index in [2.05, 4.69) is 0 Å². The van der Waals surface area contributed by atoms with E-state index in [4.69, 9.17) is 0 Å². The van der Waals surface area contributed by atoms with Crippen molar-refractivity contribution < 1.29 is 40.7 Å². The third kappa shape index (κ3) is 7.16. The zero-order valence-electron chi connectivity index (χ0n) is 23.2. The Bertz CT molecular complexity index is 1260. The van der Waals surface area contributed by atoms with Crippen molar-refractivity contribution in [2.24, 2.45) is 5.92 Å². The fourth-order valence-corrected chi connectivity index (χ4v) is 5.62. The minimum atomic E-state index is -4.99. The Labute approximate surface area is 239 Å². The number of carbonyl (C=O) groups excluding carboxylic acids is 3. The van der Waals surface area contributed by atoms with Crippen LogP contribution in [0.5, 0.6) is 0 Å². The Kier molecular flexibility index (Phi) is 9.07. The number of hydrogen-bond acceptors (Lipinski definition) is 3. The maximum atomic E-state index is 13.7. The summed E-state index contributed by atoms with van der Waals surface area (Å²) in [4.78, 5) is 44.8. The van der Waals surface area contributed by atoms with Gasteiger partial charge in [-0.15, -0.1) is 0 Å². The molecular weight excluding hydrogens is 566 g/mol. The fourth-order valence-electron chi connectivity index (χ4n) is 5.62. The van der Waals surface area contributed by atoms with Gasteiger partial charge in [0.15, 0.2) is 0 Å². The van der Waals surface area contributed by atoms with E-state index in [-0.39, 0.29) is 43.1 Å². The summed E-state index contributed by atoms with van der Waals surface area (Å²) in [6.45, 7) is 3.10. The molecule has 2 aliphatic rings. The van der Waals surface area contributed by atoms with Gasteiger partial charge < -0.3 is 19.6 Å². The normalized spacial score (nSPS) is 20.0. The topological polar surface area (TPSA) is 64.2 Å². The van der Waals surface area contributed by atoms with E-state index in [1.54, 1.807) is 32.9 Å². The summed E-state index contributed by atoms with van der Waals surface area (Å²) in [5.74, 6) is -1.58. The summed E-state index contributed by atoms with van der Waals surface area (Å²) in [6.07, 6.45) is -9.72. The number of piperidine rings is 1. The van der Waals surface area contributed by atoms with Crippen molar-refractivity contribution in [2.45, 2.75) is 38.2 Å². The van der Waals surface area contributed by atoms with Crippen molar-refractivity contribution in [2.75, 3.05) is 46.3 Å². The van der Waals surface area contributed by atoms with Gasteiger partial charge in [0.2, 0.25) is 11.8 Å². The first-order valence-electron chi connectivity index (χ1n) is 13.5. The van der Waals surface area contributed by atoms with E-state index in [0.717, 1.165) is 10.5 Å². The number of piperazine rings is 1. The Morgan fingerprint density at radius 3 is 1.88 bits per heavy atom. The van der Waals surface area contributed by atoms with Gasteiger partial charge in [0, 0.05) is 71.6 Å². The summed E-state index contributed by atoms with van der Waals surface area (Å²) in [5, 5.41) is 0. The molecule has 0 aromatic heterocycles. The molecule has 0 radical (unpaired) electrons. The standard InChI is InChI=1S/C29H32F6N4O3/c1-19(40)37-10-12-38(13-11-37)27(42)39-9-8-24(25(18-39)21-6-4-3-5-7-21)26(41)36(2)17-20-14-22(28(30,31)32)16-23(15-20)29(33,34)35/h3-7,14-16,24-25H,8-13,17-18H2,1-2H3/t24-,25+/m1/s1. The van der Waals surface area contributed by atoms with E-state index >= 15 is 0 Å². The minimum Gasteiger partial charge on any atom is -0.341 e. The second kappa shape index (κ2) is 12.2. The number of halogens is 6. The van der Waals surface area contributed by atoms with Crippen molar-refractivity contribution in [1.82, 2.24) is 19.6 Å². The van der Waals surface area contributed by atoms with Crippen LogP contribution in [-0.4, -0.2) is 83.8 Å². The van der Waals surface area contributed by atoms with Gasteiger partial charge in [0.1, 0.15) is 0 Å². The van der Waals surface area contributed by atoms with Gasteiger partial charge in [-0.3, -0.25) is 9.59 Å². The lowest BCUT2D eigenvalue weighted by Gasteiger charge is -2.43. The molecule has 2 aromatic carbocycles. The zero-order chi connectivity index (χ0) is 30.8. The van der Waals surface area contributed by atoms with E-state index in [0.29, 0.717) is 38.3 Å². The molecule has 7 nitrogen and oxygen atoms in total. The van der Waals surface area contributed by atoms with Gasteiger partial charge in [-0.2, -0.15) is 26.3 Å². The molecule has 42 heavy (non-hydrogen) atoms. The highest BCUT2D eigenvalue weighted by Crippen LogP contribution is 2.38. The first-order valence-corrected chi connectivity index (χ1v) is 13.5. The van der Waals surface area contributed by atoms with Crippen LogP contribution in [0.2, 0.25) is 0 Å². The van der Waals surface area contributed by atoms with E-state index in [9.17, 15) is 40.7 Å². The molecule has 2 aromatic rings.